The molecule has 1 aromatic carbocycles. The minimum atomic E-state index is -0.560. The second kappa shape index (κ2) is 5.99. The number of benzene rings is 1. The molecule has 1 unspecified atom stereocenters. The molecule has 0 aliphatic carbocycles. The topological polar surface area (TPSA) is 69.0 Å². The van der Waals surface area contributed by atoms with Crippen molar-refractivity contribution < 1.29 is 9.53 Å². The number of hydrogen-bond acceptors (Lipinski definition) is 4. The van der Waals surface area contributed by atoms with E-state index < -0.39 is 6.10 Å². The van der Waals surface area contributed by atoms with Gasteiger partial charge in [0.25, 0.3) is 5.91 Å². The number of nitrogens with one attached hydrogen (secondary N) is 1. The Morgan fingerprint density at radius 3 is 2.79 bits per heavy atom. The first-order valence-corrected chi connectivity index (χ1v) is 5.99. The van der Waals surface area contributed by atoms with E-state index in [1.165, 1.54) is 0 Å². The minimum Gasteiger partial charge on any atom is -0.481 e. The molecule has 0 saturated carbocycles. The number of rotatable bonds is 5. The maximum absolute atomic E-state index is 11.9. The Morgan fingerprint density at radius 1 is 1.42 bits per heavy atom. The summed E-state index contributed by atoms with van der Waals surface area (Å²) in [6, 6.07) is 9.24. The van der Waals surface area contributed by atoms with Crippen LogP contribution in [0.4, 0.5) is 0 Å². The molecule has 0 aliphatic rings. The molecule has 0 fully saturated rings. The number of para-hydroxylation sites is 1. The SMILES string of the molecule is CC(Oc1ccccc1)C(=O)NCc1nncn1C. The summed E-state index contributed by atoms with van der Waals surface area (Å²) in [5, 5.41) is 10.4. The average molecular weight is 260 g/mol. The largest absolute Gasteiger partial charge is 0.481 e. The van der Waals surface area contributed by atoms with Gasteiger partial charge in [0.1, 0.15) is 12.1 Å². The Balaban J connectivity index is 1.84. The number of aromatic nitrogens is 3. The van der Waals surface area contributed by atoms with Crippen LogP contribution in [-0.2, 0) is 18.4 Å². The van der Waals surface area contributed by atoms with Crippen LogP contribution in [0.5, 0.6) is 5.75 Å². The van der Waals surface area contributed by atoms with Gasteiger partial charge in [-0.05, 0) is 19.1 Å². The molecule has 1 N–H and O–H groups in total. The second-order valence-electron chi connectivity index (χ2n) is 4.15. The van der Waals surface area contributed by atoms with Gasteiger partial charge in [-0.2, -0.15) is 0 Å². The van der Waals surface area contributed by atoms with Gasteiger partial charge < -0.3 is 14.6 Å². The Labute approximate surface area is 111 Å². The predicted molar refractivity (Wildman–Crippen MR) is 69.4 cm³/mol. The fourth-order valence-corrected chi connectivity index (χ4v) is 1.53. The van der Waals surface area contributed by atoms with E-state index in [0.29, 0.717) is 18.1 Å². The lowest BCUT2D eigenvalue weighted by Gasteiger charge is -2.14. The number of amides is 1. The zero-order valence-corrected chi connectivity index (χ0v) is 10.9. The fourth-order valence-electron chi connectivity index (χ4n) is 1.53. The summed E-state index contributed by atoms with van der Waals surface area (Å²) in [4.78, 5) is 11.9. The van der Waals surface area contributed by atoms with Crippen LogP contribution in [0.3, 0.4) is 0 Å². The highest BCUT2D eigenvalue weighted by Crippen LogP contribution is 2.10. The van der Waals surface area contributed by atoms with Crippen molar-refractivity contribution in [3.63, 3.8) is 0 Å². The van der Waals surface area contributed by atoms with Gasteiger partial charge in [0.05, 0.1) is 6.54 Å². The first kappa shape index (κ1) is 13.1. The molecule has 1 aromatic heterocycles. The highest BCUT2D eigenvalue weighted by molar-refractivity contribution is 5.80. The standard InChI is InChI=1S/C13H16N4O2/c1-10(19-11-6-4-3-5-7-11)13(18)14-8-12-16-15-9-17(12)2/h3-7,9-10H,8H2,1-2H3,(H,14,18). The van der Waals surface area contributed by atoms with Crippen LogP contribution in [-0.4, -0.2) is 26.8 Å². The number of carbonyl (C=O) groups excluding carboxylic acids is 1. The van der Waals surface area contributed by atoms with Gasteiger partial charge >= 0.3 is 0 Å². The summed E-state index contributed by atoms with van der Waals surface area (Å²) in [5.41, 5.74) is 0. The van der Waals surface area contributed by atoms with Crippen molar-refractivity contribution in [3.05, 3.63) is 42.5 Å². The van der Waals surface area contributed by atoms with Crippen molar-refractivity contribution in [2.75, 3.05) is 0 Å². The molecule has 2 aromatic rings. The molecule has 100 valence electrons. The Bertz CT molecular complexity index is 539. The van der Waals surface area contributed by atoms with Gasteiger partial charge in [-0.25, -0.2) is 0 Å². The zero-order chi connectivity index (χ0) is 13.7. The highest BCUT2D eigenvalue weighted by atomic mass is 16.5. The first-order valence-electron chi connectivity index (χ1n) is 5.99. The van der Waals surface area contributed by atoms with Crippen molar-refractivity contribution >= 4 is 5.91 Å². The van der Waals surface area contributed by atoms with Crippen molar-refractivity contribution in [1.29, 1.82) is 0 Å². The van der Waals surface area contributed by atoms with Crippen molar-refractivity contribution in [2.24, 2.45) is 7.05 Å². The Kier molecular flexibility index (Phi) is 4.12. The average Bonchev–Trinajstić information content (AvgIpc) is 2.82. The van der Waals surface area contributed by atoms with Crippen LogP contribution in [0.1, 0.15) is 12.7 Å². The van der Waals surface area contributed by atoms with Crippen molar-refractivity contribution in [2.45, 2.75) is 19.6 Å². The normalized spacial score (nSPS) is 11.9. The quantitative estimate of drug-likeness (QED) is 0.867. The summed E-state index contributed by atoms with van der Waals surface area (Å²) >= 11 is 0. The number of ether oxygens (including phenoxy) is 1. The molecular formula is C13H16N4O2. The molecule has 1 heterocycles. The minimum absolute atomic E-state index is 0.188. The number of hydrogen-bond donors (Lipinski definition) is 1. The van der Waals surface area contributed by atoms with E-state index in [1.54, 1.807) is 17.8 Å². The predicted octanol–water partition coefficient (Wildman–Crippen LogP) is 0.899. The van der Waals surface area contributed by atoms with Crippen LogP contribution < -0.4 is 10.1 Å². The molecule has 6 heteroatoms. The van der Waals surface area contributed by atoms with E-state index in [9.17, 15) is 4.79 Å². The van der Waals surface area contributed by atoms with E-state index in [2.05, 4.69) is 15.5 Å². The molecular weight excluding hydrogens is 244 g/mol. The van der Waals surface area contributed by atoms with Crippen LogP contribution in [0.2, 0.25) is 0 Å². The molecule has 19 heavy (non-hydrogen) atoms. The van der Waals surface area contributed by atoms with Gasteiger partial charge in [-0.3, -0.25) is 4.79 Å². The number of nitrogens with zero attached hydrogens (tertiary/aromatic N) is 3. The Morgan fingerprint density at radius 2 is 2.16 bits per heavy atom. The molecule has 0 bridgehead atoms. The van der Waals surface area contributed by atoms with E-state index in [1.807, 2.05) is 37.4 Å². The van der Waals surface area contributed by atoms with Gasteiger partial charge in [-0.1, -0.05) is 18.2 Å². The van der Waals surface area contributed by atoms with Gasteiger partial charge in [0.15, 0.2) is 11.9 Å². The lowest BCUT2D eigenvalue weighted by atomic mass is 10.3. The number of carbonyl (C=O) groups is 1. The van der Waals surface area contributed by atoms with E-state index in [0.717, 1.165) is 0 Å². The molecule has 2 rings (SSSR count). The van der Waals surface area contributed by atoms with Gasteiger partial charge in [0, 0.05) is 7.05 Å². The summed E-state index contributed by atoms with van der Waals surface area (Å²) in [7, 11) is 1.82. The smallest absolute Gasteiger partial charge is 0.261 e. The second-order valence-corrected chi connectivity index (χ2v) is 4.15. The zero-order valence-electron chi connectivity index (χ0n) is 10.9. The lowest BCUT2D eigenvalue weighted by Crippen LogP contribution is -2.36. The van der Waals surface area contributed by atoms with Gasteiger partial charge in [-0.15, -0.1) is 10.2 Å². The fraction of sp³-hybridized carbons (Fsp3) is 0.308. The molecule has 0 radical (unpaired) electrons. The van der Waals surface area contributed by atoms with Crippen molar-refractivity contribution in [3.8, 4) is 5.75 Å². The molecule has 0 saturated heterocycles. The summed E-state index contributed by atoms with van der Waals surface area (Å²) in [5.74, 6) is 1.18. The summed E-state index contributed by atoms with van der Waals surface area (Å²) < 4.78 is 7.27. The molecule has 1 atom stereocenters. The number of aryl methyl sites for hydroxylation is 1. The molecule has 0 spiro atoms. The molecule has 1 amide bonds. The van der Waals surface area contributed by atoms with Crippen LogP contribution >= 0.6 is 0 Å². The monoisotopic (exact) mass is 260 g/mol. The third kappa shape index (κ3) is 3.54. The van der Waals surface area contributed by atoms with E-state index in [-0.39, 0.29) is 5.91 Å². The highest BCUT2D eigenvalue weighted by Gasteiger charge is 2.14. The maximum Gasteiger partial charge on any atom is 0.261 e. The molecule has 6 nitrogen and oxygen atoms in total. The van der Waals surface area contributed by atoms with Crippen molar-refractivity contribution in [1.82, 2.24) is 20.1 Å². The third-order valence-corrected chi connectivity index (χ3v) is 2.65. The summed E-state index contributed by atoms with van der Waals surface area (Å²) in [6.07, 6.45) is 1.03. The lowest BCUT2D eigenvalue weighted by molar-refractivity contribution is -0.127. The molecule has 0 aliphatic heterocycles. The third-order valence-electron chi connectivity index (χ3n) is 2.65. The van der Waals surface area contributed by atoms with Crippen LogP contribution in [0.25, 0.3) is 0 Å². The van der Waals surface area contributed by atoms with Gasteiger partial charge in [0.2, 0.25) is 0 Å². The Hall–Kier alpha value is -2.37. The van der Waals surface area contributed by atoms with Crippen LogP contribution in [0, 0.1) is 0 Å². The van der Waals surface area contributed by atoms with E-state index in [4.69, 9.17) is 4.74 Å². The summed E-state index contributed by atoms with van der Waals surface area (Å²) in [6.45, 7) is 2.04. The van der Waals surface area contributed by atoms with E-state index >= 15 is 0 Å². The maximum atomic E-state index is 11.9. The van der Waals surface area contributed by atoms with Crippen LogP contribution in [0.15, 0.2) is 36.7 Å². The first-order chi connectivity index (χ1) is 9.16.